The Morgan fingerprint density at radius 1 is 1.25 bits per heavy atom. The van der Waals surface area contributed by atoms with Gasteiger partial charge in [0.1, 0.15) is 11.9 Å². The van der Waals surface area contributed by atoms with Crippen LogP contribution in [0.1, 0.15) is 46.5 Å². The van der Waals surface area contributed by atoms with E-state index < -0.39 is 12.1 Å². The van der Waals surface area contributed by atoms with Gasteiger partial charge >= 0.3 is 0 Å². The van der Waals surface area contributed by atoms with E-state index in [4.69, 9.17) is 10.5 Å². The van der Waals surface area contributed by atoms with Crippen molar-refractivity contribution in [3.63, 3.8) is 0 Å². The van der Waals surface area contributed by atoms with Crippen molar-refractivity contribution in [3.8, 4) is 5.75 Å². The van der Waals surface area contributed by atoms with E-state index in [0.29, 0.717) is 11.4 Å². The molecule has 6 heteroatoms. The number of amides is 1. The van der Waals surface area contributed by atoms with Crippen LogP contribution in [0.4, 0.5) is 5.69 Å². The molecule has 4 N–H and O–H groups in total. The van der Waals surface area contributed by atoms with Crippen LogP contribution >= 0.6 is 12.4 Å². The standard InChI is InChI=1S/C18H28N2O3.ClH/c1-18(2,3)16(19)17(22)20-12-8-10-13(11-9-12)23-15-7-5-4-6-14(15)21;/h8-11,14-16,21H,4-7,19H2,1-3H3,(H,20,22);1H/t14?,15?,16-;/m1./s1. The average Bonchev–Trinajstić information content (AvgIpc) is 2.49. The Kier molecular flexibility index (Phi) is 7.52. The first kappa shape index (κ1) is 20.7. The number of nitrogens with two attached hydrogens (primary N) is 1. The molecule has 0 aromatic heterocycles. The van der Waals surface area contributed by atoms with Crippen LogP contribution in [-0.4, -0.2) is 29.3 Å². The van der Waals surface area contributed by atoms with Crippen LogP contribution in [0, 0.1) is 5.41 Å². The van der Waals surface area contributed by atoms with Gasteiger partial charge in [0.15, 0.2) is 0 Å². The molecular formula is C18H29ClN2O3. The molecular weight excluding hydrogens is 328 g/mol. The fraction of sp³-hybridized carbons (Fsp3) is 0.611. The lowest BCUT2D eigenvalue weighted by molar-refractivity contribution is -0.119. The number of anilines is 1. The maximum Gasteiger partial charge on any atom is 0.241 e. The summed E-state index contributed by atoms with van der Waals surface area (Å²) in [5, 5.41) is 12.8. The molecule has 1 saturated carbocycles. The first-order valence-corrected chi connectivity index (χ1v) is 8.28. The fourth-order valence-electron chi connectivity index (χ4n) is 2.62. The third-order valence-electron chi connectivity index (χ3n) is 4.29. The maximum atomic E-state index is 12.1. The number of rotatable bonds is 4. The van der Waals surface area contributed by atoms with Crippen LogP contribution in [0.2, 0.25) is 0 Å². The van der Waals surface area contributed by atoms with Crippen LogP contribution in [0.25, 0.3) is 0 Å². The summed E-state index contributed by atoms with van der Waals surface area (Å²) >= 11 is 0. The molecule has 0 spiro atoms. The average molecular weight is 357 g/mol. The van der Waals surface area contributed by atoms with Crippen molar-refractivity contribution >= 4 is 24.0 Å². The molecule has 1 aliphatic rings. The van der Waals surface area contributed by atoms with Gasteiger partial charge in [0.05, 0.1) is 12.1 Å². The van der Waals surface area contributed by atoms with Crippen LogP contribution in [0.5, 0.6) is 5.75 Å². The highest BCUT2D eigenvalue weighted by molar-refractivity contribution is 5.95. The first-order chi connectivity index (χ1) is 10.8. The molecule has 1 amide bonds. The number of ether oxygens (including phenoxy) is 1. The van der Waals surface area contributed by atoms with Gasteiger partial charge in [-0.3, -0.25) is 4.79 Å². The largest absolute Gasteiger partial charge is 0.488 e. The molecule has 3 atom stereocenters. The summed E-state index contributed by atoms with van der Waals surface area (Å²) in [6, 6.07) is 6.62. The van der Waals surface area contributed by atoms with Crippen LogP contribution in [0.15, 0.2) is 24.3 Å². The van der Waals surface area contributed by atoms with Gasteiger partial charge in [0.25, 0.3) is 0 Å². The lowest BCUT2D eigenvalue weighted by atomic mass is 9.87. The molecule has 1 fully saturated rings. The SMILES string of the molecule is CC(C)(C)[C@H](N)C(=O)Nc1ccc(OC2CCCCC2O)cc1.Cl. The Hall–Kier alpha value is -1.30. The second-order valence-electron chi connectivity index (χ2n) is 7.37. The van der Waals surface area contributed by atoms with E-state index in [0.717, 1.165) is 25.7 Å². The number of carbonyl (C=O) groups is 1. The van der Waals surface area contributed by atoms with Gasteiger partial charge in [-0.05, 0) is 48.9 Å². The predicted octanol–water partition coefficient (Wildman–Crippen LogP) is 3.10. The number of aliphatic hydroxyl groups is 1. The van der Waals surface area contributed by atoms with Crippen molar-refractivity contribution in [2.75, 3.05) is 5.32 Å². The highest BCUT2D eigenvalue weighted by Gasteiger charge is 2.27. The van der Waals surface area contributed by atoms with Gasteiger partial charge in [-0.25, -0.2) is 0 Å². The minimum absolute atomic E-state index is 0. The van der Waals surface area contributed by atoms with Crippen molar-refractivity contribution in [2.45, 2.75) is 64.7 Å². The van der Waals surface area contributed by atoms with Gasteiger partial charge in [-0.15, -0.1) is 12.4 Å². The van der Waals surface area contributed by atoms with E-state index in [2.05, 4.69) is 5.32 Å². The van der Waals surface area contributed by atoms with Gasteiger partial charge in [-0.2, -0.15) is 0 Å². The summed E-state index contributed by atoms with van der Waals surface area (Å²) < 4.78 is 5.84. The normalized spacial score (nSPS) is 22.2. The molecule has 1 aromatic carbocycles. The lowest BCUT2D eigenvalue weighted by Gasteiger charge is -2.28. The van der Waals surface area contributed by atoms with E-state index in [-0.39, 0.29) is 29.8 Å². The predicted molar refractivity (Wildman–Crippen MR) is 98.6 cm³/mol. The topological polar surface area (TPSA) is 84.6 Å². The molecule has 2 unspecified atom stereocenters. The Morgan fingerprint density at radius 3 is 2.38 bits per heavy atom. The number of benzene rings is 1. The molecule has 0 radical (unpaired) electrons. The molecule has 24 heavy (non-hydrogen) atoms. The molecule has 5 nitrogen and oxygen atoms in total. The quantitative estimate of drug-likeness (QED) is 0.773. The number of nitrogens with one attached hydrogen (secondary N) is 1. The molecule has 1 aromatic rings. The highest BCUT2D eigenvalue weighted by atomic mass is 35.5. The zero-order valence-corrected chi connectivity index (χ0v) is 15.4. The summed E-state index contributed by atoms with van der Waals surface area (Å²) in [6.07, 6.45) is 3.27. The van der Waals surface area contributed by atoms with E-state index in [1.54, 1.807) is 24.3 Å². The van der Waals surface area contributed by atoms with Gasteiger partial charge < -0.3 is 20.9 Å². The fourth-order valence-corrected chi connectivity index (χ4v) is 2.62. The van der Waals surface area contributed by atoms with Crippen molar-refractivity contribution in [3.05, 3.63) is 24.3 Å². The number of hydrogen-bond donors (Lipinski definition) is 3. The van der Waals surface area contributed by atoms with Crippen molar-refractivity contribution < 1.29 is 14.6 Å². The molecule has 0 saturated heterocycles. The number of hydrogen-bond acceptors (Lipinski definition) is 4. The second-order valence-corrected chi connectivity index (χ2v) is 7.37. The van der Waals surface area contributed by atoms with Gasteiger partial charge in [0.2, 0.25) is 5.91 Å². The second kappa shape index (κ2) is 8.70. The molecule has 0 aliphatic heterocycles. The van der Waals surface area contributed by atoms with E-state index >= 15 is 0 Å². The summed E-state index contributed by atoms with van der Waals surface area (Å²) in [6.45, 7) is 5.80. The van der Waals surface area contributed by atoms with Crippen molar-refractivity contribution in [2.24, 2.45) is 11.1 Å². The highest BCUT2D eigenvalue weighted by Crippen LogP contribution is 2.25. The Bertz CT molecular complexity index is 528. The summed E-state index contributed by atoms with van der Waals surface area (Å²) in [5.41, 5.74) is 6.35. The van der Waals surface area contributed by atoms with Crippen molar-refractivity contribution in [1.82, 2.24) is 0 Å². The van der Waals surface area contributed by atoms with Gasteiger partial charge in [0, 0.05) is 5.69 Å². The van der Waals surface area contributed by atoms with E-state index in [1.165, 1.54) is 0 Å². The number of aliphatic hydroxyl groups excluding tert-OH is 1. The third-order valence-corrected chi connectivity index (χ3v) is 4.29. The van der Waals surface area contributed by atoms with E-state index in [9.17, 15) is 9.90 Å². The summed E-state index contributed by atoms with van der Waals surface area (Å²) in [7, 11) is 0. The minimum Gasteiger partial charge on any atom is -0.488 e. The summed E-state index contributed by atoms with van der Waals surface area (Å²) in [5.74, 6) is 0.503. The van der Waals surface area contributed by atoms with Crippen LogP contribution in [0.3, 0.4) is 0 Å². The number of halogens is 1. The lowest BCUT2D eigenvalue weighted by Crippen LogP contribution is -2.45. The monoisotopic (exact) mass is 356 g/mol. The van der Waals surface area contributed by atoms with Crippen LogP contribution in [-0.2, 0) is 4.79 Å². The van der Waals surface area contributed by atoms with Crippen molar-refractivity contribution in [1.29, 1.82) is 0 Å². The molecule has 0 bridgehead atoms. The minimum atomic E-state index is -0.573. The molecule has 1 aliphatic carbocycles. The van der Waals surface area contributed by atoms with Gasteiger partial charge in [-0.1, -0.05) is 27.2 Å². The Balaban J connectivity index is 0.00000288. The smallest absolute Gasteiger partial charge is 0.241 e. The first-order valence-electron chi connectivity index (χ1n) is 8.28. The van der Waals surface area contributed by atoms with E-state index in [1.807, 2.05) is 20.8 Å². The number of carbonyl (C=O) groups excluding carboxylic acids is 1. The maximum absolute atomic E-state index is 12.1. The third kappa shape index (κ3) is 5.65. The summed E-state index contributed by atoms with van der Waals surface area (Å²) in [4.78, 5) is 12.1. The molecule has 0 heterocycles. The zero-order chi connectivity index (χ0) is 17.0. The Labute approximate surface area is 150 Å². The zero-order valence-electron chi connectivity index (χ0n) is 14.6. The van der Waals surface area contributed by atoms with Crippen LogP contribution < -0.4 is 15.8 Å². The Morgan fingerprint density at radius 2 is 1.83 bits per heavy atom. The molecule has 2 rings (SSSR count). The molecule has 136 valence electrons.